The summed E-state index contributed by atoms with van der Waals surface area (Å²) in [4.78, 5) is 13.7. The fourth-order valence-electron chi connectivity index (χ4n) is 2.48. The monoisotopic (exact) mass is 227 g/mol. The van der Waals surface area contributed by atoms with E-state index >= 15 is 0 Å². The Balaban J connectivity index is 2.05. The molecule has 2 aliphatic rings. The van der Waals surface area contributed by atoms with Crippen LogP contribution < -0.4 is 0 Å². The molecule has 1 heterocycles. The van der Waals surface area contributed by atoms with Gasteiger partial charge < -0.3 is 9.84 Å². The number of carbonyl (C=O) groups excluding carboxylic acids is 1. The van der Waals surface area contributed by atoms with E-state index in [4.69, 9.17) is 4.74 Å². The number of carbonyl (C=O) groups is 1. The van der Waals surface area contributed by atoms with E-state index < -0.39 is 5.60 Å². The number of hydrogen-bond donors (Lipinski definition) is 1. The van der Waals surface area contributed by atoms with Crippen LogP contribution in [0.4, 0.5) is 4.79 Å². The number of aliphatic hydroxyl groups is 1. The molecule has 0 aromatic carbocycles. The normalized spacial score (nSPS) is 34.0. The van der Waals surface area contributed by atoms with E-state index in [0.29, 0.717) is 13.0 Å². The first-order chi connectivity index (χ1) is 7.35. The van der Waals surface area contributed by atoms with E-state index in [1.807, 2.05) is 20.8 Å². The zero-order chi connectivity index (χ0) is 12.0. The highest BCUT2D eigenvalue weighted by atomic mass is 16.6. The molecule has 1 spiro atoms. The van der Waals surface area contributed by atoms with Gasteiger partial charge in [-0.1, -0.05) is 0 Å². The Morgan fingerprint density at radius 3 is 2.56 bits per heavy atom. The van der Waals surface area contributed by atoms with Gasteiger partial charge in [-0.25, -0.2) is 4.79 Å². The second kappa shape index (κ2) is 3.62. The van der Waals surface area contributed by atoms with E-state index in [1.165, 1.54) is 0 Å². The molecule has 1 aliphatic heterocycles. The first kappa shape index (κ1) is 11.7. The van der Waals surface area contributed by atoms with Crippen molar-refractivity contribution in [2.45, 2.75) is 63.7 Å². The van der Waals surface area contributed by atoms with Crippen molar-refractivity contribution in [2.24, 2.45) is 0 Å². The minimum absolute atomic E-state index is 0.274. The maximum atomic E-state index is 12.0. The summed E-state index contributed by atoms with van der Waals surface area (Å²) in [6.07, 6.45) is 3.10. The lowest BCUT2D eigenvalue weighted by atomic mass is 10.0. The SMILES string of the molecule is CC(C)(C)OC(=O)N1CCCCC12CC2O. The van der Waals surface area contributed by atoms with Gasteiger partial charge in [-0.2, -0.15) is 0 Å². The molecule has 2 fully saturated rings. The first-order valence-corrected chi connectivity index (χ1v) is 6.04. The number of amides is 1. The van der Waals surface area contributed by atoms with Gasteiger partial charge >= 0.3 is 6.09 Å². The Bertz CT molecular complexity index is 297. The van der Waals surface area contributed by atoms with Crippen LogP contribution in [0.5, 0.6) is 0 Å². The number of hydrogen-bond acceptors (Lipinski definition) is 3. The average molecular weight is 227 g/mol. The van der Waals surface area contributed by atoms with Gasteiger partial charge in [-0.05, 0) is 40.0 Å². The molecular formula is C12H21NO3. The number of likely N-dealkylation sites (tertiary alicyclic amines) is 1. The minimum atomic E-state index is -0.463. The molecule has 2 atom stereocenters. The standard InChI is InChI=1S/C12H21NO3/c1-11(2,3)16-10(15)13-7-5-4-6-12(13)8-9(12)14/h9,14H,4-8H2,1-3H3. The van der Waals surface area contributed by atoms with Crippen molar-refractivity contribution in [1.29, 1.82) is 0 Å². The van der Waals surface area contributed by atoms with E-state index in [2.05, 4.69) is 0 Å². The van der Waals surface area contributed by atoms with Crippen LogP contribution in [0.3, 0.4) is 0 Å². The summed E-state index contributed by atoms with van der Waals surface area (Å²) in [5.74, 6) is 0. The van der Waals surface area contributed by atoms with Crippen LogP contribution in [0.1, 0.15) is 46.5 Å². The highest BCUT2D eigenvalue weighted by molar-refractivity contribution is 5.70. The summed E-state index contributed by atoms with van der Waals surface area (Å²) in [6, 6.07) is 0. The molecule has 2 rings (SSSR count). The van der Waals surface area contributed by atoms with Gasteiger partial charge in [0.25, 0.3) is 0 Å². The van der Waals surface area contributed by atoms with Crippen molar-refractivity contribution in [3.63, 3.8) is 0 Å². The summed E-state index contributed by atoms with van der Waals surface area (Å²) >= 11 is 0. The van der Waals surface area contributed by atoms with Gasteiger partial charge in [-0.3, -0.25) is 4.90 Å². The predicted molar refractivity (Wildman–Crippen MR) is 60.1 cm³/mol. The molecule has 4 heteroatoms. The Morgan fingerprint density at radius 2 is 2.06 bits per heavy atom. The molecule has 1 aliphatic carbocycles. The van der Waals surface area contributed by atoms with Crippen molar-refractivity contribution in [1.82, 2.24) is 4.90 Å². The lowest BCUT2D eigenvalue weighted by Crippen LogP contribution is -2.49. The molecule has 0 bridgehead atoms. The molecule has 1 amide bonds. The van der Waals surface area contributed by atoms with Gasteiger partial charge in [0.1, 0.15) is 5.60 Å². The summed E-state index contributed by atoms with van der Waals surface area (Å²) in [5, 5.41) is 9.71. The number of ether oxygens (including phenoxy) is 1. The zero-order valence-electron chi connectivity index (χ0n) is 10.3. The van der Waals surface area contributed by atoms with Crippen molar-refractivity contribution >= 4 is 6.09 Å². The van der Waals surface area contributed by atoms with Gasteiger partial charge in [0.05, 0.1) is 11.6 Å². The molecule has 4 nitrogen and oxygen atoms in total. The third-order valence-corrected chi connectivity index (χ3v) is 3.40. The second-order valence-electron chi connectivity index (χ2n) is 5.91. The molecule has 1 saturated heterocycles. The van der Waals surface area contributed by atoms with Gasteiger partial charge in [0.15, 0.2) is 0 Å². The quantitative estimate of drug-likeness (QED) is 0.687. The second-order valence-corrected chi connectivity index (χ2v) is 5.91. The maximum Gasteiger partial charge on any atom is 0.410 e. The van der Waals surface area contributed by atoms with Crippen molar-refractivity contribution in [3.05, 3.63) is 0 Å². The van der Waals surface area contributed by atoms with E-state index in [9.17, 15) is 9.90 Å². The van der Waals surface area contributed by atoms with Crippen LogP contribution in [-0.2, 0) is 4.74 Å². The maximum absolute atomic E-state index is 12.0. The van der Waals surface area contributed by atoms with Gasteiger partial charge in [0.2, 0.25) is 0 Å². The van der Waals surface area contributed by atoms with E-state index in [-0.39, 0.29) is 17.7 Å². The minimum Gasteiger partial charge on any atom is -0.444 e. The van der Waals surface area contributed by atoms with Gasteiger partial charge in [-0.15, -0.1) is 0 Å². The molecule has 0 aromatic rings. The average Bonchev–Trinajstić information content (AvgIpc) is 2.74. The number of piperidine rings is 1. The topological polar surface area (TPSA) is 49.8 Å². The fourth-order valence-corrected chi connectivity index (χ4v) is 2.48. The summed E-state index contributed by atoms with van der Waals surface area (Å²) < 4.78 is 5.38. The molecule has 2 unspecified atom stereocenters. The molecule has 92 valence electrons. The number of aliphatic hydroxyl groups excluding tert-OH is 1. The predicted octanol–water partition coefficient (Wildman–Crippen LogP) is 1.91. The smallest absolute Gasteiger partial charge is 0.410 e. The molecule has 0 aromatic heterocycles. The van der Waals surface area contributed by atoms with E-state index in [0.717, 1.165) is 19.3 Å². The lowest BCUT2D eigenvalue weighted by molar-refractivity contribution is -0.00189. The molecule has 1 N–H and O–H groups in total. The highest BCUT2D eigenvalue weighted by Gasteiger charge is 2.60. The molecule has 16 heavy (non-hydrogen) atoms. The Kier molecular flexibility index (Phi) is 2.65. The number of rotatable bonds is 0. The largest absolute Gasteiger partial charge is 0.444 e. The fraction of sp³-hybridized carbons (Fsp3) is 0.917. The van der Waals surface area contributed by atoms with Crippen LogP contribution in [-0.4, -0.2) is 39.9 Å². The molecular weight excluding hydrogens is 206 g/mol. The molecule has 1 saturated carbocycles. The van der Waals surface area contributed by atoms with Crippen molar-refractivity contribution < 1.29 is 14.6 Å². The summed E-state index contributed by atoms with van der Waals surface area (Å²) in [5.41, 5.74) is -0.754. The third kappa shape index (κ3) is 2.03. The van der Waals surface area contributed by atoms with Crippen LogP contribution in [0.2, 0.25) is 0 Å². The lowest BCUT2D eigenvalue weighted by Gasteiger charge is -2.37. The third-order valence-electron chi connectivity index (χ3n) is 3.40. The van der Waals surface area contributed by atoms with Gasteiger partial charge in [0, 0.05) is 13.0 Å². The van der Waals surface area contributed by atoms with E-state index in [1.54, 1.807) is 4.90 Å². The molecule has 0 radical (unpaired) electrons. The van der Waals surface area contributed by atoms with Crippen LogP contribution in [0, 0.1) is 0 Å². The highest BCUT2D eigenvalue weighted by Crippen LogP contribution is 2.48. The van der Waals surface area contributed by atoms with Crippen LogP contribution in [0.15, 0.2) is 0 Å². The van der Waals surface area contributed by atoms with Crippen LogP contribution >= 0.6 is 0 Å². The Labute approximate surface area is 96.6 Å². The zero-order valence-corrected chi connectivity index (χ0v) is 10.3. The summed E-state index contributed by atoms with van der Waals surface area (Å²) in [6.45, 7) is 6.31. The Morgan fingerprint density at radius 1 is 1.44 bits per heavy atom. The van der Waals surface area contributed by atoms with Crippen molar-refractivity contribution in [2.75, 3.05) is 6.54 Å². The summed E-state index contributed by atoms with van der Waals surface area (Å²) in [7, 11) is 0. The van der Waals surface area contributed by atoms with Crippen molar-refractivity contribution in [3.8, 4) is 0 Å². The van der Waals surface area contributed by atoms with Crippen LogP contribution in [0.25, 0.3) is 0 Å². The first-order valence-electron chi connectivity index (χ1n) is 6.04. The number of nitrogens with zero attached hydrogens (tertiary/aromatic N) is 1. The Hall–Kier alpha value is -0.770.